The summed E-state index contributed by atoms with van der Waals surface area (Å²) in [4.78, 5) is 11.1. The van der Waals surface area contributed by atoms with Gasteiger partial charge < -0.3 is 14.8 Å². The van der Waals surface area contributed by atoms with Crippen LogP contribution in [0, 0.1) is 0 Å². The van der Waals surface area contributed by atoms with Crippen LogP contribution >= 0.6 is 0 Å². The highest BCUT2D eigenvalue weighted by Crippen LogP contribution is 2.09. The first-order valence-electron chi connectivity index (χ1n) is 6.37. The van der Waals surface area contributed by atoms with Crippen LogP contribution in [0.4, 0.5) is 0 Å². The zero-order chi connectivity index (χ0) is 13.9. The van der Waals surface area contributed by atoms with Crippen molar-refractivity contribution in [3.63, 3.8) is 0 Å². The summed E-state index contributed by atoms with van der Waals surface area (Å²) in [5.74, 6) is -0.302. The van der Waals surface area contributed by atoms with Crippen molar-refractivity contribution < 1.29 is 14.3 Å². The molecule has 4 heteroatoms. The molecule has 0 saturated carbocycles. The van der Waals surface area contributed by atoms with Crippen LogP contribution in [-0.4, -0.2) is 26.2 Å². The summed E-state index contributed by atoms with van der Waals surface area (Å²) < 4.78 is 9.94. The second kappa shape index (κ2) is 9.30. The number of benzene rings is 1. The lowest BCUT2D eigenvalue weighted by molar-refractivity contribution is -0.137. The van der Waals surface area contributed by atoms with Gasteiger partial charge in [-0.05, 0) is 18.1 Å². The molecule has 0 atom stereocenters. The number of hydrogen-bond donors (Lipinski definition) is 1. The van der Waals surface area contributed by atoms with Gasteiger partial charge in [-0.25, -0.2) is 4.79 Å². The first kappa shape index (κ1) is 15.4. The second-order valence-electron chi connectivity index (χ2n) is 3.99. The molecule has 4 nitrogen and oxygen atoms in total. The van der Waals surface area contributed by atoms with Gasteiger partial charge in [-0.15, -0.1) is 0 Å². The minimum absolute atomic E-state index is 0.302. The van der Waals surface area contributed by atoms with Gasteiger partial charge in [0.1, 0.15) is 0 Å². The van der Waals surface area contributed by atoms with Gasteiger partial charge in [-0.1, -0.05) is 30.3 Å². The Morgan fingerprint density at radius 3 is 2.74 bits per heavy atom. The largest absolute Gasteiger partial charge is 0.463 e. The summed E-state index contributed by atoms with van der Waals surface area (Å²) in [7, 11) is 1.69. The molecule has 0 aliphatic carbocycles. The quantitative estimate of drug-likeness (QED) is 0.443. The summed E-state index contributed by atoms with van der Waals surface area (Å²) in [5, 5.41) is 3.25. The predicted octanol–water partition coefficient (Wildman–Crippen LogP) is 2.04. The molecular formula is C15H21NO3. The Bertz CT molecular complexity index is 416. The number of methoxy groups -OCH3 is 1. The van der Waals surface area contributed by atoms with E-state index in [9.17, 15) is 4.79 Å². The fourth-order valence-electron chi connectivity index (χ4n) is 1.66. The Hall–Kier alpha value is -1.65. The van der Waals surface area contributed by atoms with Gasteiger partial charge in [0.15, 0.2) is 0 Å². The van der Waals surface area contributed by atoms with Crippen LogP contribution in [0.2, 0.25) is 0 Å². The van der Waals surface area contributed by atoms with Gasteiger partial charge >= 0.3 is 5.97 Å². The minimum atomic E-state index is -0.302. The average Bonchev–Trinajstić information content (AvgIpc) is 2.41. The van der Waals surface area contributed by atoms with Gasteiger partial charge in [0.05, 0.1) is 13.2 Å². The monoisotopic (exact) mass is 263 g/mol. The second-order valence-corrected chi connectivity index (χ2v) is 3.99. The Balaban J connectivity index is 2.35. The molecule has 104 valence electrons. The highest BCUT2D eigenvalue weighted by atomic mass is 16.5. The molecule has 1 aromatic rings. The third-order valence-electron chi connectivity index (χ3n) is 2.54. The SMILES string of the molecule is CCOC(=O)/C=C/CNCc1ccccc1COC. The van der Waals surface area contributed by atoms with Crippen molar-refractivity contribution in [3.8, 4) is 0 Å². The number of esters is 1. The number of hydrogen-bond acceptors (Lipinski definition) is 4. The van der Waals surface area contributed by atoms with E-state index in [0.717, 1.165) is 6.54 Å². The number of carbonyl (C=O) groups is 1. The van der Waals surface area contributed by atoms with Crippen LogP contribution in [0.5, 0.6) is 0 Å². The lowest BCUT2D eigenvalue weighted by atomic mass is 10.1. The standard InChI is InChI=1S/C15H21NO3/c1-3-19-15(17)9-6-10-16-11-13-7-4-5-8-14(13)12-18-2/h4-9,16H,3,10-12H2,1-2H3/b9-6+. The number of carbonyl (C=O) groups excluding carboxylic acids is 1. The third kappa shape index (κ3) is 6.18. The fraction of sp³-hybridized carbons (Fsp3) is 0.400. The molecule has 0 unspecified atom stereocenters. The van der Waals surface area contributed by atoms with Crippen LogP contribution in [-0.2, 0) is 27.4 Å². The smallest absolute Gasteiger partial charge is 0.330 e. The molecule has 19 heavy (non-hydrogen) atoms. The van der Waals surface area contributed by atoms with E-state index >= 15 is 0 Å². The molecule has 0 radical (unpaired) electrons. The van der Waals surface area contributed by atoms with Crippen molar-refractivity contribution in [2.45, 2.75) is 20.1 Å². The minimum Gasteiger partial charge on any atom is -0.463 e. The van der Waals surface area contributed by atoms with Crippen LogP contribution < -0.4 is 5.32 Å². The summed E-state index contributed by atoms with van der Waals surface area (Å²) in [6.45, 7) is 4.17. The molecule has 0 spiro atoms. The van der Waals surface area contributed by atoms with E-state index in [1.807, 2.05) is 12.1 Å². The molecule has 0 fully saturated rings. The maximum Gasteiger partial charge on any atom is 0.330 e. The van der Waals surface area contributed by atoms with E-state index in [2.05, 4.69) is 17.4 Å². The highest BCUT2D eigenvalue weighted by Gasteiger charge is 2.00. The van der Waals surface area contributed by atoms with Crippen molar-refractivity contribution in [2.75, 3.05) is 20.3 Å². The van der Waals surface area contributed by atoms with Crippen molar-refractivity contribution >= 4 is 5.97 Å². The molecule has 0 aliphatic rings. The van der Waals surface area contributed by atoms with Crippen LogP contribution in [0.25, 0.3) is 0 Å². The van der Waals surface area contributed by atoms with E-state index in [0.29, 0.717) is 19.8 Å². The molecule has 1 rings (SSSR count). The van der Waals surface area contributed by atoms with Crippen molar-refractivity contribution in [3.05, 3.63) is 47.5 Å². The van der Waals surface area contributed by atoms with E-state index in [1.165, 1.54) is 17.2 Å². The maximum atomic E-state index is 11.1. The molecular weight excluding hydrogens is 242 g/mol. The van der Waals surface area contributed by atoms with Gasteiger partial charge in [0.25, 0.3) is 0 Å². The lowest BCUT2D eigenvalue weighted by Crippen LogP contribution is -2.15. The molecule has 0 saturated heterocycles. The zero-order valence-electron chi connectivity index (χ0n) is 11.5. The van der Waals surface area contributed by atoms with Gasteiger partial charge in [-0.2, -0.15) is 0 Å². The van der Waals surface area contributed by atoms with E-state index in [1.54, 1.807) is 20.1 Å². The Morgan fingerprint density at radius 2 is 2.05 bits per heavy atom. The summed E-state index contributed by atoms with van der Waals surface area (Å²) >= 11 is 0. The fourth-order valence-corrected chi connectivity index (χ4v) is 1.66. The number of nitrogens with one attached hydrogen (secondary N) is 1. The molecule has 0 bridgehead atoms. The van der Waals surface area contributed by atoms with E-state index in [-0.39, 0.29) is 5.97 Å². The predicted molar refractivity (Wildman–Crippen MR) is 74.6 cm³/mol. The van der Waals surface area contributed by atoms with Crippen molar-refractivity contribution in [1.29, 1.82) is 0 Å². The van der Waals surface area contributed by atoms with Crippen LogP contribution in [0.15, 0.2) is 36.4 Å². The third-order valence-corrected chi connectivity index (χ3v) is 2.54. The van der Waals surface area contributed by atoms with Gasteiger partial charge in [0.2, 0.25) is 0 Å². The van der Waals surface area contributed by atoms with Crippen LogP contribution in [0.1, 0.15) is 18.1 Å². The Morgan fingerprint density at radius 1 is 1.32 bits per heavy atom. The lowest BCUT2D eigenvalue weighted by Gasteiger charge is -2.08. The first-order valence-corrected chi connectivity index (χ1v) is 6.37. The van der Waals surface area contributed by atoms with E-state index in [4.69, 9.17) is 9.47 Å². The topological polar surface area (TPSA) is 47.6 Å². The average molecular weight is 263 g/mol. The van der Waals surface area contributed by atoms with Gasteiger partial charge in [-0.3, -0.25) is 0 Å². The van der Waals surface area contributed by atoms with Crippen LogP contribution in [0.3, 0.4) is 0 Å². The zero-order valence-corrected chi connectivity index (χ0v) is 11.5. The van der Waals surface area contributed by atoms with Crippen molar-refractivity contribution in [1.82, 2.24) is 5.32 Å². The summed E-state index contributed by atoms with van der Waals surface area (Å²) in [5.41, 5.74) is 2.38. The first-order chi connectivity index (χ1) is 9.27. The summed E-state index contributed by atoms with van der Waals surface area (Å²) in [6, 6.07) is 8.12. The van der Waals surface area contributed by atoms with E-state index < -0.39 is 0 Å². The molecule has 0 aliphatic heterocycles. The Kier molecular flexibility index (Phi) is 7.54. The molecule has 0 amide bonds. The maximum absolute atomic E-state index is 11.1. The van der Waals surface area contributed by atoms with Crippen molar-refractivity contribution in [2.24, 2.45) is 0 Å². The molecule has 0 aromatic heterocycles. The number of ether oxygens (including phenoxy) is 2. The van der Waals surface area contributed by atoms with Gasteiger partial charge in [0, 0.05) is 26.3 Å². The molecule has 1 aromatic carbocycles. The normalized spacial score (nSPS) is 10.8. The highest BCUT2D eigenvalue weighted by molar-refractivity contribution is 5.81. The number of rotatable bonds is 8. The molecule has 0 heterocycles. The molecule has 1 N–H and O–H groups in total. The Labute approximate surface area is 114 Å². The summed E-state index contributed by atoms with van der Waals surface area (Å²) in [6.07, 6.45) is 3.20.